The largest absolute Gasteiger partial charge is 0.468 e. The first-order valence-electron chi connectivity index (χ1n) is 10.5. The van der Waals surface area contributed by atoms with Gasteiger partial charge in [-0.2, -0.15) is 5.26 Å². The number of methoxy groups -OCH3 is 1. The number of thioether (sulfide) groups is 1. The fourth-order valence-electron chi connectivity index (χ4n) is 4.07. The van der Waals surface area contributed by atoms with Crippen LogP contribution in [0.15, 0.2) is 47.0 Å². The molecule has 1 aliphatic heterocycles. The number of hydrogen-bond acceptors (Lipinski definition) is 6. The molecule has 2 atom stereocenters. The van der Waals surface area contributed by atoms with Crippen LogP contribution in [-0.4, -0.2) is 30.6 Å². The summed E-state index contributed by atoms with van der Waals surface area (Å²) in [5.41, 5.74) is 4.32. The van der Waals surface area contributed by atoms with Gasteiger partial charge in [-0.05, 0) is 43.5 Å². The molecule has 2 amide bonds. The number of carbonyl (C=O) groups excluding carboxylic acids is 3. The lowest BCUT2D eigenvalue weighted by molar-refractivity contribution is -0.150. The number of allylic oxidation sites excluding steroid dienone is 1. The SMILES string of the molecule is COC(=O)[C@H]1C(=O)NC(SCC(=O)Nc2c(C)cc(C)cc2C)=C(C#N)[C@@H]1c1ccccc1Cl. The summed E-state index contributed by atoms with van der Waals surface area (Å²) in [6.45, 7) is 5.82. The van der Waals surface area contributed by atoms with E-state index in [4.69, 9.17) is 16.3 Å². The van der Waals surface area contributed by atoms with Crippen molar-refractivity contribution in [3.8, 4) is 6.07 Å². The van der Waals surface area contributed by atoms with Crippen LogP contribution in [0.2, 0.25) is 5.02 Å². The molecule has 7 nitrogen and oxygen atoms in total. The molecule has 176 valence electrons. The number of nitrogens with one attached hydrogen (secondary N) is 2. The first kappa shape index (κ1) is 25.3. The Kier molecular flexibility index (Phi) is 8.02. The van der Waals surface area contributed by atoms with Gasteiger partial charge in [0.1, 0.15) is 5.92 Å². The molecule has 34 heavy (non-hydrogen) atoms. The fraction of sp³-hybridized carbons (Fsp3) is 0.280. The summed E-state index contributed by atoms with van der Waals surface area (Å²) in [6.07, 6.45) is 0. The van der Waals surface area contributed by atoms with Gasteiger partial charge in [0.05, 0.1) is 29.5 Å². The molecule has 3 rings (SSSR count). The second-order valence-electron chi connectivity index (χ2n) is 7.95. The minimum absolute atomic E-state index is 0.0499. The third-order valence-corrected chi connectivity index (χ3v) is 6.87. The van der Waals surface area contributed by atoms with Crippen molar-refractivity contribution in [1.82, 2.24) is 5.32 Å². The van der Waals surface area contributed by atoms with Crippen molar-refractivity contribution in [2.45, 2.75) is 26.7 Å². The normalized spacial score (nSPS) is 17.6. The number of rotatable bonds is 6. The van der Waals surface area contributed by atoms with Crippen LogP contribution in [0.5, 0.6) is 0 Å². The number of nitriles is 1. The van der Waals surface area contributed by atoms with Gasteiger partial charge in [-0.1, -0.05) is 59.3 Å². The Morgan fingerprint density at radius 3 is 2.44 bits per heavy atom. The maximum Gasteiger partial charge on any atom is 0.319 e. The van der Waals surface area contributed by atoms with Crippen LogP contribution in [0.25, 0.3) is 0 Å². The third kappa shape index (κ3) is 5.27. The summed E-state index contributed by atoms with van der Waals surface area (Å²) in [7, 11) is 1.18. The lowest BCUT2D eigenvalue weighted by Gasteiger charge is -2.31. The average molecular weight is 498 g/mol. The molecule has 0 spiro atoms. The zero-order chi connectivity index (χ0) is 25.0. The van der Waals surface area contributed by atoms with E-state index in [0.29, 0.717) is 10.6 Å². The molecule has 0 fully saturated rings. The highest BCUT2D eigenvalue weighted by molar-refractivity contribution is 8.03. The Morgan fingerprint density at radius 2 is 1.85 bits per heavy atom. The van der Waals surface area contributed by atoms with E-state index in [1.165, 1.54) is 7.11 Å². The predicted molar refractivity (Wildman–Crippen MR) is 132 cm³/mol. The summed E-state index contributed by atoms with van der Waals surface area (Å²) < 4.78 is 4.83. The highest BCUT2D eigenvalue weighted by Crippen LogP contribution is 2.42. The zero-order valence-electron chi connectivity index (χ0n) is 19.2. The summed E-state index contributed by atoms with van der Waals surface area (Å²) in [6, 6.07) is 12.8. The van der Waals surface area contributed by atoms with Crippen molar-refractivity contribution in [2.75, 3.05) is 18.2 Å². The smallest absolute Gasteiger partial charge is 0.319 e. The predicted octanol–water partition coefficient (Wildman–Crippen LogP) is 4.37. The molecule has 9 heteroatoms. The van der Waals surface area contributed by atoms with E-state index in [1.807, 2.05) is 32.9 Å². The van der Waals surface area contributed by atoms with Gasteiger partial charge in [0.25, 0.3) is 0 Å². The van der Waals surface area contributed by atoms with Crippen molar-refractivity contribution < 1.29 is 19.1 Å². The number of hydrogen-bond donors (Lipinski definition) is 2. The van der Waals surface area contributed by atoms with Crippen LogP contribution >= 0.6 is 23.4 Å². The van der Waals surface area contributed by atoms with Crippen molar-refractivity contribution in [1.29, 1.82) is 5.26 Å². The van der Waals surface area contributed by atoms with Crippen LogP contribution < -0.4 is 10.6 Å². The zero-order valence-corrected chi connectivity index (χ0v) is 20.8. The molecule has 2 N–H and O–H groups in total. The first-order valence-corrected chi connectivity index (χ1v) is 11.8. The molecule has 2 aromatic carbocycles. The standard InChI is InChI=1S/C25H24ClN3O4S/c1-13-9-14(2)22(15(3)10-13)28-19(30)12-34-24-17(11-27)20(16-7-5-6-8-18(16)26)21(23(31)29-24)25(32)33-4/h5-10,20-21H,12H2,1-4H3,(H,28,30)(H,29,31)/t20-,21+/m0/s1. The van der Waals surface area contributed by atoms with Gasteiger partial charge in [-0.15, -0.1) is 0 Å². The summed E-state index contributed by atoms with van der Waals surface area (Å²) in [5, 5.41) is 16.0. The monoisotopic (exact) mass is 497 g/mol. The minimum atomic E-state index is -1.28. The van der Waals surface area contributed by atoms with Gasteiger partial charge in [0.2, 0.25) is 11.8 Å². The molecular weight excluding hydrogens is 474 g/mol. The van der Waals surface area contributed by atoms with Crippen molar-refractivity contribution >= 4 is 46.8 Å². The fourth-order valence-corrected chi connectivity index (χ4v) is 5.18. The number of carbonyl (C=O) groups is 3. The second-order valence-corrected chi connectivity index (χ2v) is 9.35. The van der Waals surface area contributed by atoms with Gasteiger partial charge in [0.15, 0.2) is 0 Å². The van der Waals surface area contributed by atoms with E-state index in [0.717, 1.165) is 34.1 Å². The van der Waals surface area contributed by atoms with Crippen LogP contribution in [0.1, 0.15) is 28.2 Å². The molecule has 0 saturated heterocycles. The van der Waals surface area contributed by atoms with Crippen LogP contribution in [-0.2, 0) is 19.1 Å². The number of benzene rings is 2. The lowest BCUT2D eigenvalue weighted by atomic mass is 9.78. The molecule has 0 bridgehead atoms. The Labute approximate surface area is 207 Å². The van der Waals surface area contributed by atoms with Crippen LogP contribution in [0.4, 0.5) is 5.69 Å². The highest BCUT2D eigenvalue weighted by Gasteiger charge is 2.45. The Hall–Kier alpha value is -3.28. The van der Waals surface area contributed by atoms with E-state index in [9.17, 15) is 19.6 Å². The highest BCUT2D eigenvalue weighted by atomic mass is 35.5. The van der Waals surface area contributed by atoms with E-state index in [-0.39, 0.29) is 22.3 Å². The van der Waals surface area contributed by atoms with Crippen molar-refractivity contribution in [3.05, 3.63) is 74.3 Å². The number of esters is 1. The quantitative estimate of drug-likeness (QED) is 0.453. The number of nitrogens with zero attached hydrogens (tertiary/aromatic N) is 1. The van der Waals surface area contributed by atoms with Gasteiger partial charge in [-0.3, -0.25) is 14.4 Å². The van der Waals surface area contributed by atoms with Crippen molar-refractivity contribution in [3.63, 3.8) is 0 Å². The van der Waals surface area contributed by atoms with Gasteiger partial charge in [-0.25, -0.2) is 0 Å². The molecule has 0 aromatic heterocycles. The number of ether oxygens (including phenoxy) is 1. The number of halogens is 1. The molecule has 1 heterocycles. The van der Waals surface area contributed by atoms with Gasteiger partial charge >= 0.3 is 5.97 Å². The number of anilines is 1. The maximum atomic E-state index is 12.9. The first-order chi connectivity index (χ1) is 16.2. The van der Waals surface area contributed by atoms with E-state index >= 15 is 0 Å². The summed E-state index contributed by atoms with van der Waals surface area (Å²) >= 11 is 7.38. The van der Waals surface area contributed by atoms with Gasteiger partial charge < -0.3 is 15.4 Å². The molecule has 0 saturated carbocycles. The third-order valence-electron chi connectivity index (χ3n) is 5.51. The Bertz CT molecular complexity index is 1210. The molecule has 0 radical (unpaired) electrons. The minimum Gasteiger partial charge on any atom is -0.468 e. The summed E-state index contributed by atoms with van der Waals surface area (Å²) in [5.74, 6) is -3.96. The molecule has 0 aliphatic carbocycles. The van der Waals surface area contributed by atoms with Crippen molar-refractivity contribution in [2.24, 2.45) is 5.92 Å². The average Bonchev–Trinajstić information content (AvgIpc) is 2.79. The number of amides is 2. The number of aryl methyl sites for hydroxylation is 3. The van der Waals surface area contributed by atoms with Crippen LogP contribution in [0.3, 0.4) is 0 Å². The molecule has 2 aromatic rings. The summed E-state index contributed by atoms with van der Waals surface area (Å²) in [4.78, 5) is 38.1. The lowest BCUT2D eigenvalue weighted by Crippen LogP contribution is -2.44. The molecule has 0 unspecified atom stereocenters. The van der Waals surface area contributed by atoms with E-state index in [2.05, 4.69) is 16.7 Å². The van der Waals surface area contributed by atoms with Crippen LogP contribution in [0, 0.1) is 38.0 Å². The Morgan fingerprint density at radius 1 is 1.21 bits per heavy atom. The second kappa shape index (κ2) is 10.8. The molecule has 1 aliphatic rings. The maximum absolute atomic E-state index is 12.9. The van der Waals surface area contributed by atoms with Gasteiger partial charge in [0, 0.05) is 16.6 Å². The topological polar surface area (TPSA) is 108 Å². The molecular formula is C25H24ClN3O4S. The van der Waals surface area contributed by atoms with E-state index in [1.54, 1.807) is 24.3 Å². The Balaban J connectivity index is 1.91. The van der Waals surface area contributed by atoms with E-state index < -0.39 is 23.7 Å².